The van der Waals surface area contributed by atoms with Crippen molar-refractivity contribution in [3.8, 4) is 5.75 Å². The lowest BCUT2D eigenvalue weighted by atomic mass is 10.0. The molecule has 0 bridgehead atoms. The normalized spacial score (nSPS) is 23.9. The van der Waals surface area contributed by atoms with E-state index >= 15 is 0 Å². The Bertz CT molecular complexity index is 1100. The zero-order valence-corrected chi connectivity index (χ0v) is 21.0. The summed E-state index contributed by atoms with van der Waals surface area (Å²) in [6.07, 6.45) is 9.26. The second-order valence-electron chi connectivity index (χ2n) is 8.16. The van der Waals surface area contributed by atoms with E-state index in [0.717, 1.165) is 0 Å². The number of aliphatic hydroxyl groups excluding tert-OH is 1. The van der Waals surface area contributed by atoms with Crippen LogP contribution in [0.15, 0.2) is 71.6 Å². The van der Waals surface area contributed by atoms with Crippen molar-refractivity contribution in [3.05, 3.63) is 77.6 Å². The Hall–Kier alpha value is -4.18. The fraction of sp³-hybridized carbons (Fsp3) is 0.333. The molecule has 10 heteroatoms. The fourth-order valence-electron chi connectivity index (χ4n) is 3.30. The molecule has 3 atom stereocenters. The molecule has 1 aliphatic heterocycles. The number of ether oxygens (including phenoxy) is 2. The average Bonchev–Trinajstić information content (AvgIpc) is 2.85. The molecule has 10 nitrogen and oxygen atoms in total. The molecule has 1 aromatic rings. The first kappa shape index (κ1) is 29.1. The molecule has 0 saturated heterocycles. The highest BCUT2D eigenvalue weighted by Crippen LogP contribution is 2.25. The maximum atomic E-state index is 13.1. The van der Waals surface area contributed by atoms with Gasteiger partial charge in [0.25, 0.3) is 0 Å². The molecule has 1 amide bonds. The van der Waals surface area contributed by atoms with Crippen LogP contribution in [0.2, 0.25) is 0 Å². The van der Waals surface area contributed by atoms with E-state index in [2.05, 4.69) is 15.3 Å². The summed E-state index contributed by atoms with van der Waals surface area (Å²) in [5, 5.41) is 26.7. The SMILES string of the molecule is CO/N=C/C=C\C(=O)N/C=C/C[C@H]1CC(=O)O[C@@H](C)/C=C\[C@H](O)/C(C)=C/Cc2cccc(O)c2C(=O)O1. The maximum absolute atomic E-state index is 13.1. The quantitative estimate of drug-likeness (QED) is 0.174. The second kappa shape index (κ2) is 15.0. The van der Waals surface area contributed by atoms with Crippen LogP contribution < -0.4 is 5.32 Å². The van der Waals surface area contributed by atoms with E-state index < -0.39 is 36.2 Å². The number of nitrogens with zero attached hydrogens (tertiary/aromatic N) is 1. The van der Waals surface area contributed by atoms with E-state index in [9.17, 15) is 24.6 Å². The fourth-order valence-corrected chi connectivity index (χ4v) is 3.30. The third kappa shape index (κ3) is 10.1. The van der Waals surface area contributed by atoms with Gasteiger partial charge in [0, 0.05) is 18.7 Å². The number of esters is 2. The van der Waals surface area contributed by atoms with E-state index in [1.54, 1.807) is 38.1 Å². The average molecular weight is 513 g/mol. The molecule has 1 heterocycles. The largest absolute Gasteiger partial charge is 0.507 e. The first-order valence-electron chi connectivity index (χ1n) is 11.6. The highest BCUT2D eigenvalue weighted by Gasteiger charge is 2.24. The Labute approximate surface area is 215 Å². The number of aliphatic hydroxyl groups is 1. The third-order valence-corrected chi connectivity index (χ3v) is 5.24. The van der Waals surface area contributed by atoms with Crippen molar-refractivity contribution in [1.29, 1.82) is 0 Å². The number of nitrogens with one attached hydrogen (secondary N) is 1. The molecule has 1 aromatic carbocycles. The number of phenolic OH excluding ortho intramolecular Hbond substituents is 1. The number of phenols is 1. The van der Waals surface area contributed by atoms with Gasteiger partial charge < -0.3 is 29.8 Å². The molecular formula is C27H32N2O8. The number of carbonyl (C=O) groups excluding carboxylic acids is 3. The summed E-state index contributed by atoms with van der Waals surface area (Å²) in [5.41, 5.74) is 1.09. The maximum Gasteiger partial charge on any atom is 0.342 e. The van der Waals surface area contributed by atoms with Crippen LogP contribution in [0.25, 0.3) is 0 Å². The van der Waals surface area contributed by atoms with Crippen LogP contribution in [0.5, 0.6) is 5.75 Å². The number of hydrogen-bond acceptors (Lipinski definition) is 9. The van der Waals surface area contributed by atoms with Crippen LogP contribution in [0, 0.1) is 0 Å². The summed E-state index contributed by atoms with van der Waals surface area (Å²) >= 11 is 0. The highest BCUT2D eigenvalue weighted by molar-refractivity contribution is 5.94. The van der Waals surface area contributed by atoms with Gasteiger partial charge in [0.1, 0.15) is 30.6 Å². The molecule has 0 saturated carbocycles. The van der Waals surface area contributed by atoms with E-state index in [0.29, 0.717) is 11.1 Å². The zero-order valence-electron chi connectivity index (χ0n) is 21.0. The molecule has 0 spiro atoms. The predicted octanol–water partition coefficient (Wildman–Crippen LogP) is 2.87. The van der Waals surface area contributed by atoms with Gasteiger partial charge >= 0.3 is 11.9 Å². The number of oxime groups is 1. The highest BCUT2D eigenvalue weighted by atomic mass is 16.6. The third-order valence-electron chi connectivity index (χ3n) is 5.24. The molecule has 198 valence electrons. The van der Waals surface area contributed by atoms with Gasteiger partial charge in [0.05, 0.1) is 18.7 Å². The van der Waals surface area contributed by atoms with Gasteiger partial charge in [-0.3, -0.25) is 9.59 Å². The van der Waals surface area contributed by atoms with Crippen LogP contribution in [0.3, 0.4) is 0 Å². The Kier molecular flexibility index (Phi) is 11.8. The molecule has 0 unspecified atom stereocenters. The minimum Gasteiger partial charge on any atom is -0.507 e. The Morgan fingerprint density at radius 3 is 2.81 bits per heavy atom. The van der Waals surface area contributed by atoms with Crippen LogP contribution in [0.4, 0.5) is 0 Å². The molecule has 1 aliphatic rings. The summed E-state index contributed by atoms with van der Waals surface area (Å²) in [4.78, 5) is 41.9. The molecule has 0 aliphatic carbocycles. The number of rotatable bonds is 6. The standard InChI is InChI=1S/C27H32N2O8/c1-18-11-13-20-7-4-9-23(31)26(20)27(34)37-21(17-25(33)36-19(2)12-14-22(18)30)8-5-15-28-24(32)10-6-16-29-35-3/h4-7,9-12,14-16,19,21-22,30-31H,8,13,17H2,1-3H3,(H,28,32)/b10-6-,14-12-,15-5+,18-11+,29-16+/t19-,21-,22-/m0/s1. The lowest BCUT2D eigenvalue weighted by molar-refractivity contribution is -0.148. The van der Waals surface area contributed by atoms with Crippen molar-refractivity contribution in [3.63, 3.8) is 0 Å². The summed E-state index contributed by atoms with van der Waals surface area (Å²) in [6.45, 7) is 3.38. The first-order chi connectivity index (χ1) is 17.7. The lowest BCUT2D eigenvalue weighted by Crippen LogP contribution is -2.25. The summed E-state index contributed by atoms with van der Waals surface area (Å²) in [5.74, 6) is -2.12. The van der Waals surface area contributed by atoms with E-state index in [1.165, 1.54) is 49.9 Å². The minimum atomic E-state index is -0.936. The second-order valence-corrected chi connectivity index (χ2v) is 8.16. The van der Waals surface area contributed by atoms with E-state index in [-0.39, 0.29) is 30.6 Å². The topological polar surface area (TPSA) is 144 Å². The van der Waals surface area contributed by atoms with Gasteiger partial charge in [0.2, 0.25) is 5.91 Å². The zero-order chi connectivity index (χ0) is 27.2. The number of aromatic hydroxyl groups is 1. The van der Waals surface area contributed by atoms with Gasteiger partial charge in [-0.05, 0) is 49.6 Å². The number of cyclic esters (lactones) is 2. The monoisotopic (exact) mass is 512 g/mol. The Morgan fingerprint density at radius 1 is 1.27 bits per heavy atom. The smallest absolute Gasteiger partial charge is 0.342 e. The number of allylic oxidation sites excluding steroid dienone is 2. The van der Waals surface area contributed by atoms with Gasteiger partial charge in [0.15, 0.2) is 0 Å². The van der Waals surface area contributed by atoms with Gasteiger partial charge in [-0.1, -0.05) is 35.5 Å². The number of fused-ring (bicyclic) bond motifs is 1. The minimum absolute atomic E-state index is 0.0293. The Morgan fingerprint density at radius 2 is 2.05 bits per heavy atom. The number of hydrogen-bond donors (Lipinski definition) is 3. The molecule has 3 N–H and O–H groups in total. The molecule has 0 fully saturated rings. The van der Waals surface area contributed by atoms with Gasteiger partial charge in [-0.2, -0.15) is 0 Å². The van der Waals surface area contributed by atoms with E-state index in [1.807, 2.05) is 0 Å². The number of benzene rings is 1. The number of amides is 1. The lowest BCUT2D eigenvalue weighted by Gasteiger charge is -2.18. The van der Waals surface area contributed by atoms with Crippen LogP contribution in [-0.2, 0) is 30.3 Å². The molecule has 0 aromatic heterocycles. The van der Waals surface area contributed by atoms with Crippen LogP contribution >= 0.6 is 0 Å². The van der Waals surface area contributed by atoms with Crippen LogP contribution in [0.1, 0.15) is 42.6 Å². The van der Waals surface area contributed by atoms with Gasteiger partial charge in [-0.25, -0.2) is 4.79 Å². The Balaban J connectivity index is 2.25. The van der Waals surface area contributed by atoms with E-state index in [4.69, 9.17) is 9.47 Å². The van der Waals surface area contributed by atoms with Crippen LogP contribution in [-0.4, -0.2) is 59.7 Å². The van der Waals surface area contributed by atoms with Crippen molar-refractivity contribution < 1.29 is 38.9 Å². The van der Waals surface area contributed by atoms with Crippen molar-refractivity contribution >= 4 is 24.1 Å². The molecule has 0 radical (unpaired) electrons. The molecular weight excluding hydrogens is 480 g/mol. The molecule has 2 rings (SSSR count). The number of carbonyl (C=O) groups is 3. The summed E-state index contributed by atoms with van der Waals surface area (Å²) < 4.78 is 10.9. The first-order valence-corrected chi connectivity index (χ1v) is 11.6. The van der Waals surface area contributed by atoms with Crippen molar-refractivity contribution in [1.82, 2.24) is 5.32 Å². The van der Waals surface area contributed by atoms with Crippen molar-refractivity contribution in [2.24, 2.45) is 5.16 Å². The van der Waals surface area contributed by atoms with Crippen molar-refractivity contribution in [2.75, 3.05) is 7.11 Å². The molecule has 37 heavy (non-hydrogen) atoms. The summed E-state index contributed by atoms with van der Waals surface area (Å²) in [7, 11) is 1.38. The summed E-state index contributed by atoms with van der Waals surface area (Å²) in [6, 6.07) is 4.65. The van der Waals surface area contributed by atoms with Gasteiger partial charge in [-0.15, -0.1) is 0 Å². The van der Waals surface area contributed by atoms with Crippen molar-refractivity contribution in [2.45, 2.75) is 51.4 Å². The predicted molar refractivity (Wildman–Crippen MR) is 137 cm³/mol.